The Labute approximate surface area is 149 Å². The number of hydrogen-bond donors (Lipinski definition) is 1. The van der Waals surface area contributed by atoms with Crippen molar-refractivity contribution >= 4 is 34.5 Å². The molecule has 0 aliphatic rings. The van der Waals surface area contributed by atoms with E-state index in [4.69, 9.17) is 11.6 Å². The molecular formula is C14H9ClFN5O3S. The van der Waals surface area contributed by atoms with E-state index in [1.807, 2.05) is 0 Å². The van der Waals surface area contributed by atoms with Crippen LogP contribution in [-0.4, -0.2) is 25.8 Å². The molecule has 8 nitrogen and oxygen atoms in total. The highest BCUT2D eigenvalue weighted by Gasteiger charge is 2.14. The number of carbonyl (C=O) groups excluding carboxylic acids is 1. The van der Waals surface area contributed by atoms with Crippen molar-refractivity contribution in [1.29, 1.82) is 0 Å². The number of aromatic nitrogens is 3. The van der Waals surface area contributed by atoms with E-state index in [9.17, 15) is 19.3 Å². The Morgan fingerprint density at radius 1 is 1.40 bits per heavy atom. The number of rotatable bonds is 5. The van der Waals surface area contributed by atoms with Gasteiger partial charge in [-0.25, -0.2) is 9.07 Å². The number of non-ortho nitro benzene ring substituents is 1. The molecule has 11 heteroatoms. The third kappa shape index (κ3) is 3.80. The van der Waals surface area contributed by atoms with Crippen LogP contribution in [0, 0.1) is 15.9 Å². The first-order valence-electron chi connectivity index (χ1n) is 6.83. The Hall–Kier alpha value is -2.85. The molecule has 0 fully saturated rings. The van der Waals surface area contributed by atoms with Gasteiger partial charge in [0.2, 0.25) is 0 Å². The number of amides is 1. The maximum absolute atomic E-state index is 14.0. The van der Waals surface area contributed by atoms with Crippen molar-refractivity contribution in [3.05, 3.63) is 67.4 Å². The number of nitro groups is 1. The molecule has 1 N–H and O–H groups in total. The second kappa shape index (κ2) is 6.95. The monoisotopic (exact) mass is 381 g/mol. The van der Waals surface area contributed by atoms with E-state index < -0.39 is 10.7 Å². The van der Waals surface area contributed by atoms with Gasteiger partial charge in [0.15, 0.2) is 5.82 Å². The first kappa shape index (κ1) is 17.0. The molecular weight excluding hydrogens is 373 g/mol. The van der Waals surface area contributed by atoms with Gasteiger partial charge in [-0.3, -0.25) is 14.9 Å². The van der Waals surface area contributed by atoms with Crippen LogP contribution in [0.15, 0.2) is 36.5 Å². The highest BCUT2D eigenvalue weighted by Crippen LogP contribution is 2.21. The van der Waals surface area contributed by atoms with Gasteiger partial charge in [-0.15, -0.1) is 16.4 Å². The van der Waals surface area contributed by atoms with E-state index in [2.05, 4.69) is 15.6 Å². The van der Waals surface area contributed by atoms with Crippen molar-refractivity contribution in [2.45, 2.75) is 6.54 Å². The summed E-state index contributed by atoms with van der Waals surface area (Å²) < 4.78 is 15.6. The summed E-state index contributed by atoms with van der Waals surface area (Å²) in [5.74, 6) is -1.11. The highest BCUT2D eigenvalue weighted by atomic mass is 35.5. The lowest BCUT2D eigenvalue weighted by molar-refractivity contribution is -0.385. The maximum atomic E-state index is 14.0. The minimum Gasteiger partial charge on any atom is -0.346 e. The van der Waals surface area contributed by atoms with Gasteiger partial charge in [0.05, 0.1) is 32.9 Å². The second-order valence-electron chi connectivity index (χ2n) is 4.83. The number of nitrogens with zero attached hydrogens (tertiary/aromatic N) is 4. The maximum Gasteiger partial charge on any atom is 0.272 e. The number of hydrogen-bond acceptors (Lipinski definition) is 6. The van der Waals surface area contributed by atoms with Gasteiger partial charge in [0, 0.05) is 6.07 Å². The summed E-state index contributed by atoms with van der Waals surface area (Å²) in [4.78, 5) is 22.3. The normalized spacial score (nSPS) is 10.6. The zero-order chi connectivity index (χ0) is 18.0. The third-order valence-corrected chi connectivity index (χ3v) is 4.39. The number of nitrogens with one attached hydrogen (secondary N) is 1. The van der Waals surface area contributed by atoms with Gasteiger partial charge in [-0.1, -0.05) is 16.8 Å². The van der Waals surface area contributed by atoms with Crippen molar-refractivity contribution < 1.29 is 14.1 Å². The third-order valence-electron chi connectivity index (χ3n) is 3.16. The fourth-order valence-electron chi connectivity index (χ4n) is 1.99. The Kier molecular flexibility index (Phi) is 4.72. The van der Waals surface area contributed by atoms with Crippen molar-refractivity contribution in [3.63, 3.8) is 0 Å². The average Bonchev–Trinajstić information content (AvgIpc) is 3.21. The van der Waals surface area contributed by atoms with E-state index in [0.717, 1.165) is 22.1 Å². The van der Waals surface area contributed by atoms with Gasteiger partial charge in [0.25, 0.3) is 11.6 Å². The standard InChI is InChI=1S/C14H9ClFN5O3S/c15-13-4-3-12(25-13)14(22)17-6-8-7-20(19-18-8)11-2-1-9(21(23)24)5-10(11)16/h1-5,7H,6H2,(H,17,22). The van der Waals surface area contributed by atoms with E-state index in [0.29, 0.717) is 14.9 Å². The Morgan fingerprint density at radius 3 is 2.84 bits per heavy atom. The summed E-state index contributed by atoms with van der Waals surface area (Å²) >= 11 is 6.92. The fraction of sp³-hybridized carbons (Fsp3) is 0.0714. The van der Waals surface area contributed by atoms with E-state index >= 15 is 0 Å². The fourth-order valence-corrected chi connectivity index (χ4v) is 2.95. The average molecular weight is 382 g/mol. The Balaban J connectivity index is 1.70. The number of benzene rings is 1. The van der Waals surface area contributed by atoms with E-state index in [-0.39, 0.29) is 23.8 Å². The molecule has 0 unspecified atom stereocenters. The lowest BCUT2D eigenvalue weighted by Crippen LogP contribution is -2.21. The number of halogens is 2. The van der Waals surface area contributed by atoms with Crippen LogP contribution in [0.5, 0.6) is 0 Å². The molecule has 0 atom stereocenters. The molecule has 25 heavy (non-hydrogen) atoms. The Bertz CT molecular complexity index is 958. The highest BCUT2D eigenvalue weighted by molar-refractivity contribution is 7.17. The molecule has 1 aromatic carbocycles. The van der Waals surface area contributed by atoms with Crippen LogP contribution in [-0.2, 0) is 6.54 Å². The molecule has 3 aromatic rings. The number of thiophene rings is 1. The summed E-state index contributed by atoms with van der Waals surface area (Å²) in [7, 11) is 0. The van der Waals surface area contributed by atoms with E-state index in [1.54, 1.807) is 12.1 Å². The summed E-state index contributed by atoms with van der Waals surface area (Å²) in [5.41, 5.74) is 0.0536. The van der Waals surface area contributed by atoms with Crippen LogP contribution < -0.4 is 5.32 Å². The van der Waals surface area contributed by atoms with Gasteiger partial charge >= 0.3 is 0 Å². The van der Waals surface area contributed by atoms with Crippen LogP contribution >= 0.6 is 22.9 Å². The molecule has 1 amide bonds. The van der Waals surface area contributed by atoms with Crippen molar-refractivity contribution in [2.24, 2.45) is 0 Å². The van der Waals surface area contributed by atoms with Crippen LogP contribution in [0.25, 0.3) is 5.69 Å². The van der Waals surface area contributed by atoms with Crippen LogP contribution in [0.1, 0.15) is 15.4 Å². The first-order chi connectivity index (χ1) is 11.9. The second-order valence-corrected chi connectivity index (χ2v) is 6.55. The predicted molar refractivity (Wildman–Crippen MR) is 88.5 cm³/mol. The van der Waals surface area contributed by atoms with Crippen LogP contribution in [0.4, 0.5) is 10.1 Å². The van der Waals surface area contributed by atoms with Crippen molar-refractivity contribution in [2.75, 3.05) is 0 Å². The molecule has 0 radical (unpaired) electrons. The van der Waals surface area contributed by atoms with Crippen molar-refractivity contribution in [1.82, 2.24) is 20.3 Å². The molecule has 0 aliphatic carbocycles. The Morgan fingerprint density at radius 2 is 2.20 bits per heavy atom. The van der Waals surface area contributed by atoms with Gasteiger partial charge < -0.3 is 5.32 Å². The van der Waals surface area contributed by atoms with Crippen molar-refractivity contribution in [3.8, 4) is 5.69 Å². The molecule has 0 saturated heterocycles. The SMILES string of the molecule is O=C(NCc1cn(-c2ccc([N+](=O)[O-])cc2F)nn1)c1ccc(Cl)s1. The van der Waals surface area contributed by atoms with Gasteiger partial charge in [0.1, 0.15) is 11.4 Å². The van der Waals surface area contributed by atoms with Crippen LogP contribution in [0.2, 0.25) is 4.34 Å². The molecule has 0 bridgehead atoms. The van der Waals surface area contributed by atoms with Crippen LogP contribution in [0.3, 0.4) is 0 Å². The zero-order valence-corrected chi connectivity index (χ0v) is 13.9. The zero-order valence-electron chi connectivity index (χ0n) is 12.3. The lowest BCUT2D eigenvalue weighted by Gasteiger charge is -2.02. The molecule has 2 aromatic heterocycles. The summed E-state index contributed by atoms with van der Waals surface area (Å²) in [5, 5.41) is 20.9. The molecule has 128 valence electrons. The van der Waals surface area contributed by atoms with E-state index in [1.165, 1.54) is 18.3 Å². The minimum absolute atomic E-state index is 0.0146. The first-order valence-corrected chi connectivity index (χ1v) is 8.02. The van der Waals surface area contributed by atoms with Gasteiger partial charge in [-0.05, 0) is 18.2 Å². The summed E-state index contributed by atoms with van der Waals surface area (Å²) in [6, 6.07) is 6.43. The molecule has 0 spiro atoms. The lowest BCUT2D eigenvalue weighted by atomic mass is 10.2. The number of nitro benzene ring substituents is 1. The minimum atomic E-state index is -0.803. The summed E-state index contributed by atoms with van der Waals surface area (Å²) in [6.07, 6.45) is 1.42. The molecule has 2 heterocycles. The largest absolute Gasteiger partial charge is 0.346 e. The smallest absolute Gasteiger partial charge is 0.272 e. The molecule has 0 saturated carbocycles. The molecule has 3 rings (SSSR count). The topological polar surface area (TPSA) is 103 Å². The van der Waals surface area contributed by atoms with Gasteiger partial charge in [-0.2, -0.15) is 0 Å². The summed E-state index contributed by atoms with van der Waals surface area (Å²) in [6.45, 7) is 0.0863. The molecule has 0 aliphatic heterocycles. The number of carbonyl (C=O) groups is 1. The quantitative estimate of drug-likeness (QED) is 0.540. The predicted octanol–water partition coefficient (Wildman–Crippen LogP) is 2.96.